The second-order valence-corrected chi connectivity index (χ2v) is 6.80. The molecule has 0 atom stereocenters. The summed E-state index contributed by atoms with van der Waals surface area (Å²) in [6, 6.07) is 21.9. The summed E-state index contributed by atoms with van der Waals surface area (Å²) in [5.74, 6) is -0.291. The Morgan fingerprint density at radius 1 is 1.03 bits per heavy atom. The highest BCUT2D eigenvalue weighted by Crippen LogP contribution is 2.12. The largest absolute Gasteiger partial charge is 0.350 e. The van der Waals surface area contributed by atoms with Crippen LogP contribution in [0.5, 0.6) is 0 Å². The van der Waals surface area contributed by atoms with Crippen LogP contribution in [0.4, 0.5) is 0 Å². The van der Waals surface area contributed by atoms with Gasteiger partial charge in [-0.15, -0.1) is 0 Å². The Labute approximate surface area is 172 Å². The lowest BCUT2D eigenvalue weighted by Gasteiger charge is -2.06. The van der Waals surface area contributed by atoms with Gasteiger partial charge >= 0.3 is 5.69 Å². The first kappa shape index (κ1) is 19.2. The number of nitriles is 1. The zero-order valence-corrected chi connectivity index (χ0v) is 16.2. The summed E-state index contributed by atoms with van der Waals surface area (Å²) >= 11 is 0. The van der Waals surface area contributed by atoms with E-state index in [9.17, 15) is 9.59 Å². The molecule has 7 nitrogen and oxygen atoms in total. The number of benzene rings is 2. The zero-order valence-electron chi connectivity index (χ0n) is 16.2. The van der Waals surface area contributed by atoms with Crippen molar-refractivity contribution in [2.24, 2.45) is 0 Å². The highest BCUT2D eigenvalue weighted by molar-refractivity contribution is 5.94. The molecule has 4 aromatic rings. The van der Waals surface area contributed by atoms with E-state index < -0.39 is 0 Å². The van der Waals surface area contributed by atoms with E-state index in [4.69, 9.17) is 5.26 Å². The molecule has 1 N–H and O–H groups in total. The number of nitrogens with zero attached hydrogens (tertiary/aromatic N) is 4. The molecule has 2 aromatic carbocycles. The Balaban J connectivity index is 1.54. The van der Waals surface area contributed by atoms with Crippen LogP contribution < -0.4 is 11.0 Å². The van der Waals surface area contributed by atoms with Crippen LogP contribution >= 0.6 is 0 Å². The molecule has 0 saturated carbocycles. The van der Waals surface area contributed by atoms with Crippen molar-refractivity contribution in [1.82, 2.24) is 19.4 Å². The molecule has 0 saturated heterocycles. The maximum atomic E-state index is 13.1. The highest BCUT2D eigenvalue weighted by atomic mass is 16.2. The third kappa shape index (κ3) is 3.84. The number of carbonyl (C=O) groups is 1. The summed E-state index contributed by atoms with van der Waals surface area (Å²) in [7, 11) is 0. The minimum absolute atomic E-state index is 0.173. The fraction of sp³-hybridized carbons (Fsp3) is 0.130. The number of rotatable bonds is 6. The van der Waals surface area contributed by atoms with Crippen molar-refractivity contribution in [3.05, 3.63) is 100 Å². The van der Waals surface area contributed by atoms with Crippen molar-refractivity contribution in [2.45, 2.75) is 13.1 Å². The Bertz CT molecular complexity index is 1300. The number of pyridine rings is 1. The summed E-state index contributed by atoms with van der Waals surface area (Å²) in [5, 5.41) is 11.8. The number of nitrogens with one attached hydrogen (secondary N) is 1. The lowest BCUT2D eigenvalue weighted by atomic mass is 10.1. The Kier molecular flexibility index (Phi) is 5.39. The maximum absolute atomic E-state index is 13.1. The van der Waals surface area contributed by atoms with Crippen molar-refractivity contribution >= 4 is 17.1 Å². The topological polar surface area (TPSA) is 92.7 Å². The second-order valence-electron chi connectivity index (χ2n) is 6.80. The molecule has 0 bridgehead atoms. The molecule has 1 amide bonds. The number of amides is 1. The maximum Gasteiger partial charge on any atom is 0.330 e. The lowest BCUT2D eigenvalue weighted by molar-refractivity contribution is 0.0952. The van der Waals surface area contributed by atoms with Gasteiger partial charge in [0.05, 0.1) is 23.7 Å². The van der Waals surface area contributed by atoms with Crippen LogP contribution in [0, 0.1) is 11.3 Å². The summed E-state index contributed by atoms with van der Waals surface area (Å²) in [5.41, 5.74) is 3.01. The van der Waals surface area contributed by atoms with Crippen LogP contribution in [0.1, 0.15) is 21.5 Å². The van der Waals surface area contributed by atoms with Crippen molar-refractivity contribution in [3.8, 4) is 6.07 Å². The third-order valence-electron chi connectivity index (χ3n) is 4.83. The van der Waals surface area contributed by atoms with E-state index in [1.54, 1.807) is 39.6 Å². The smallest absolute Gasteiger partial charge is 0.330 e. The molecule has 0 aliphatic carbocycles. The van der Waals surface area contributed by atoms with Gasteiger partial charge in [0.15, 0.2) is 5.65 Å². The molecule has 0 aliphatic rings. The van der Waals surface area contributed by atoms with Gasteiger partial charge in [-0.05, 0) is 35.9 Å². The van der Waals surface area contributed by atoms with Crippen molar-refractivity contribution in [3.63, 3.8) is 0 Å². The quantitative estimate of drug-likeness (QED) is 0.541. The Morgan fingerprint density at radius 3 is 2.67 bits per heavy atom. The van der Waals surface area contributed by atoms with Gasteiger partial charge in [-0.1, -0.05) is 36.4 Å². The van der Waals surface area contributed by atoms with E-state index in [-0.39, 0.29) is 24.7 Å². The average molecular weight is 397 g/mol. The van der Waals surface area contributed by atoms with Crippen LogP contribution in [0.15, 0.2) is 77.7 Å². The predicted molar refractivity (Wildman–Crippen MR) is 113 cm³/mol. The van der Waals surface area contributed by atoms with E-state index in [0.717, 1.165) is 11.1 Å². The van der Waals surface area contributed by atoms with Gasteiger partial charge in [0, 0.05) is 24.8 Å². The molecule has 4 rings (SSSR count). The molecule has 2 aromatic heterocycles. The van der Waals surface area contributed by atoms with Crippen molar-refractivity contribution < 1.29 is 4.79 Å². The minimum atomic E-state index is -0.291. The van der Waals surface area contributed by atoms with E-state index in [1.165, 1.54) is 6.07 Å². The first-order valence-electron chi connectivity index (χ1n) is 9.54. The van der Waals surface area contributed by atoms with E-state index in [0.29, 0.717) is 23.3 Å². The molecule has 0 spiro atoms. The summed E-state index contributed by atoms with van der Waals surface area (Å²) in [4.78, 5) is 29.8. The predicted octanol–water partition coefficient (Wildman–Crippen LogP) is 2.55. The first-order valence-corrected chi connectivity index (χ1v) is 9.54. The molecular weight excluding hydrogens is 378 g/mol. The number of fused-ring (bicyclic) bond motifs is 1. The molecule has 7 heteroatoms. The Hall–Kier alpha value is -4.18. The van der Waals surface area contributed by atoms with Crippen LogP contribution in [0.25, 0.3) is 11.2 Å². The lowest BCUT2D eigenvalue weighted by Crippen LogP contribution is -2.32. The SMILES string of the molecule is N#Cc1cccc(C(=O)NCCn2c(=O)n(Cc3ccccc3)c3cccnc32)c1. The van der Waals surface area contributed by atoms with Gasteiger partial charge in [0.25, 0.3) is 5.91 Å². The number of carbonyl (C=O) groups excluding carboxylic acids is 1. The van der Waals surface area contributed by atoms with E-state index in [2.05, 4.69) is 10.3 Å². The van der Waals surface area contributed by atoms with Gasteiger partial charge in [-0.2, -0.15) is 5.26 Å². The van der Waals surface area contributed by atoms with Gasteiger partial charge in [0.1, 0.15) is 0 Å². The van der Waals surface area contributed by atoms with E-state index >= 15 is 0 Å². The molecular formula is C23H19N5O2. The number of imidazole rings is 1. The molecule has 148 valence electrons. The third-order valence-corrected chi connectivity index (χ3v) is 4.83. The molecule has 0 radical (unpaired) electrons. The van der Waals surface area contributed by atoms with Gasteiger partial charge < -0.3 is 5.32 Å². The monoisotopic (exact) mass is 397 g/mol. The first-order chi connectivity index (χ1) is 14.7. The van der Waals surface area contributed by atoms with Crippen LogP contribution in [0.3, 0.4) is 0 Å². The fourth-order valence-electron chi connectivity index (χ4n) is 3.38. The van der Waals surface area contributed by atoms with Gasteiger partial charge in [0.2, 0.25) is 0 Å². The van der Waals surface area contributed by atoms with Gasteiger partial charge in [-0.3, -0.25) is 13.9 Å². The normalized spacial score (nSPS) is 10.6. The summed E-state index contributed by atoms with van der Waals surface area (Å²) < 4.78 is 3.26. The highest BCUT2D eigenvalue weighted by Gasteiger charge is 2.14. The minimum Gasteiger partial charge on any atom is -0.350 e. The zero-order chi connectivity index (χ0) is 20.9. The average Bonchev–Trinajstić information content (AvgIpc) is 3.05. The molecule has 0 unspecified atom stereocenters. The van der Waals surface area contributed by atoms with Crippen LogP contribution in [-0.2, 0) is 13.1 Å². The van der Waals surface area contributed by atoms with Crippen molar-refractivity contribution in [1.29, 1.82) is 5.26 Å². The summed E-state index contributed by atoms with van der Waals surface area (Å²) in [6.07, 6.45) is 1.65. The number of hydrogen-bond acceptors (Lipinski definition) is 4. The summed E-state index contributed by atoms with van der Waals surface area (Å²) in [6.45, 7) is 0.997. The van der Waals surface area contributed by atoms with Gasteiger partial charge in [-0.25, -0.2) is 9.78 Å². The molecule has 30 heavy (non-hydrogen) atoms. The van der Waals surface area contributed by atoms with Crippen molar-refractivity contribution in [2.75, 3.05) is 6.54 Å². The van der Waals surface area contributed by atoms with E-state index in [1.807, 2.05) is 42.5 Å². The van der Waals surface area contributed by atoms with Crippen LogP contribution in [-0.4, -0.2) is 26.6 Å². The number of hydrogen-bond donors (Lipinski definition) is 1. The Morgan fingerprint density at radius 2 is 1.87 bits per heavy atom. The molecule has 0 fully saturated rings. The standard InChI is InChI=1S/C23H19N5O2/c24-15-18-8-4-9-19(14-18)22(29)26-12-13-27-21-20(10-5-11-25-21)28(23(27)30)16-17-6-2-1-3-7-17/h1-11,14H,12-13,16H2,(H,26,29). The van der Waals surface area contributed by atoms with Crippen LogP contribution in [0.2, 0.25) is 0 Å². The number of aromatic nitrogens is 3. The fourth-order valence-corrected chi connectivity index (χ4v) is 3.38. The molecule has 0 aliphatic heterocycles. The molecule has 2 heterocycles. The second kappa shape index (κ2) is 8.45.